The van der Waals surface area contributed by atoms with Gasteiger partial charge in [0.05, 0.1) is 0 Å². The second-order valence-electron chi connectivity index (χ2n) is 8.22. The van der Waals surface area contributed by atoms with Gasteiger partial charge in [-0.1, -0.05) is 20.8 Å². The first kappa shape index (κ1) is 13.9. The minimum absolute atomic E-state index is 0.572. The molecule has 2 nitrogen and oxygen atoms in total. The van der Waals surface area contributed by atoms with Crippen molar-refractivity contribution in [1.82, 2.24) is 10.2 Å². The molecule has 1 N–H and O–H groups in total. The van der Waals surface area contributed by atoms with Crippen LogP contribution < -0.4 is 5.32 Å². The van der Waals surface area contributed by atoms with E-state index >= 15 is 0 Å². The second-order valence-corrected chi connectivity index (χ2v) is 8.22. The minimum Gasteiger partial charge on any atom is -0.314 e. The lowest BCUT2D eigenvalue weighted by molar-refractivity contribution is 0.0881. The molecular weight excluding hydrogens is 232 g/mol. The van der Waals surface area contributed by atoms with Gasteiger partial charge in [-0.15, -0.1) is 0 Å². The van der Waals surface area contributed by atoms with Crippen molar-refractivity contribution in [1.29, 1.82) is 0 Å². The fraction of sp³-hybridized carbons (Fsp3) is 1.00. The minimum atomic E-state index is 0.572. The molecule has 4 atom stereocenters. The van der Waals surface area contributed by atoms with E-state index in [0.29, 0.717) is 5.41 Å². The molecule has 0 bridgehead atoms. The van der Waals surface area contributed by atoms with Crippen molar-refractivity contribution >= 4 is 0 Å². The molecule has 2 heteroatoms. The van der Waals surface area contributed by atoms with Gasteiger partial charge in [-0.05, 0) is 68.9 Å². The highest BCUT2D eigenvalue weighted by atomic mass is 15.2. The van der Waals surface area contributed by atoms with Gasteiger partial charge in [0.2, 0.25) is 0 Å². The zero-order valence-corrected chi connectivity index (χ0v) is 13.1. The summed E-state index contributed by atoms with van der Waals surface area (Å²) in [5, 5.41) is 3.74. The summed E-state index contributed by atoms with van der Waals surface area (Å²) >= 11 is 0. The van der Waals surface area contributed by atoms with Crippen LogP contribution in [0.3, 0.4) is 0 Å². The molecule has 19 heavy (non-hydrogen) atoms. The number of nitrogens with one attached hydrogen (secondary N) is 1. The Hall–Kier alpha value is -0.0800. The van der Waals surface area contributed by atoms with Crippen molar-refractivity contribution in [2.75, 3.05) is 19.6 Å². The Morgan fingerprint density at radius 3 is 2.58 bits per heavy atom. The highest BCUT2D eigenvalue weighted by Crippen LogP contribution is 2.44. The molecule has 2 heterocycles. The number of hydrogen-bond acceptors (Lipinski definition) is 2. The van der Waals surface area contributed by atoms with Crippen LogP contribution in [0.1, 0.15) is 59.3 Å². The molecule has 3 aliphatic rings. The average molecular weight is 264 g/mol. The summed E-state index contributed by atoms with van der Waals surface area (Å²) < 4.78 is 0. The third kappa shape index (κ3) is 3.00. The molecule has 2 saturated heterocycles. The van der Waals surface area contributed by atoms with Gasteiger partial charge in [0, 0.05) is 18.6 Å². The molecule has 2 aliphatic heterocycles. The molecule has 4 unspecified atom stereocenters. The molecule has 3 fully saturated rings. The van der Waals surface area contributed by atoms with E-state index in [-0.39, 0.29) is 0 Å². The van der Waals surface area contributed by atoms with E-state index in [9.17, 15) is 0 Å². The van der Waals surface area contributed by atoms with E-state index in [4.69, 9.17) is 0 Å². The van der Waals surface area contributed by atoms with Crippen molar-refractivity contribution in [2.45, 2.75) is 71.4 Å². The van der Waals surface area contributed by atoms with Crippen LogP contribution in [0.2, 0.25) is 0 Å². The third-order valence-corrected chi connectivity index (χ3v) is 5.92. The summed E-state index contributed by atoms with van der Waals surface area (Å²) in [4.78, 5) is 2.85. The molecular formula is C17H32N2. The van der Waals surface area contributed by atoms with E-state index in [1.807, 2.05) is 0 Å². The Morgan fingerprint density at radius 2 is 1.95 bits per heavy atom. The number of rotatable bonds is 2. The van der Waals surface area contributed by atoms with Crippen LogP contribution in [0, 0.1) is 17.3 Å². The Labute approximate surface area is 119 Å². The first-order valence-corrected chi connectivity index (χ1v) is 8.53. The number of likely N-dealkylation sites (tertiary alicyclic amines) is 1. The first-order valence-electron chi connectivity index (χ1n) is 8.53. The van der Waals surface area contributed by atoms with E-state index in [2.05, 4.69) is 31.0 Å². The monoisotopic (exact) mass is 264 g/mol. The van der Waals surface area contributed by atoms with Crippen LogP contribution in [-0.4, -0.2) is 36.6 Å². The Kier molecular flexibility index (Phi) is 3.92. The molecule has 0 spiro atoms. The zero-order valence-electron chi connectivity index (χ0n) is 13.1. The zero-order chi connectivity index (χ0) is 13.5. The summed E-state index contributed by atoms with van der Waals surface area (Å²) in [6.45, 7) is 11.4. The van der Waals surface area contributed by atoms with Crippen LogP contribution in [0.15, 0.2) is 0 Å². The van der Waals surface area contributed by atoms with Crippen molar-refractivity contribution < 1.29 is 0 Å². The summed E-state index contributed by atoms with van der Waals surface area (Å²) in [6.07, 6.45) is 8.53. The summed E-state index contributed by atoms with van der Waals surface area (Å²) in [6, 6.07) is 1.69. The molecule has 110 valence electrons. The second kappa shape index (κ2) is 5.37. The fourth-order valence-electron chi connectivity index (χ4n) is 5.13. The maximum Gasteiger partial charge on any atom is 0.0126 e. The first-order chi connectivity index (χ1) is 9.05. The van der Waals surface area contributed by atoms with Crippen LogP contribution in [0.4, 0.5) is 0 Å². The summed E-state index contributed by atoms with van der Waals surface area (Å²) in [7, 11) is 0. The molecule has 0 amide bonds. The van der Waals surface area contributed by atoms with Gasteiger partial charge in [0.15, 0.2) is 0 Å². The summed E-state index contributed by atoms with van der Waals surface area (Å²) in [5.74, 6) is 1.82. The van der Waals surface area contributed by atoms with E-state index < -0.39 is 0 Å². The maximum absolute atomic E-state index is 3.74. The number of piperidine rings is 1. The van der Waals surface area contributed by atoms with E-state index in [1.54, 1.807) is 0 Å². The fourth-order valence-corrected chi connectivity index (χ4v) is 5.13. The standard InChI is InChI=1S/C17H32N2/c1-13-10-17(2,3)11-16(13)19-9-5-6-14(12-19)15-7-4-8-18-15/h13-16,18H,4-12H2,1-3H3. The maximum atomic E-state index is 3.74. The Balaban J connectivity index is 1.61. The van der Waals surface area contributed by atoms with Gasteiger partial charge in [0.1, 0.15) is 0 Å². The molecule has 1 aliphatic carbocycles. The lowest BCUT2D eigenvalue weighted by atomic mass is 9.87. The lowest BCUT2D eigenvalue weighted by Gasteiger charge is -2.40. The lowest BCUT2D eigenvalue weighted by Crippen LogP contribution is -2.48. The van der Waals surface area contributed by atoms with Gasteiger partial charge in [-0.2, -0.15) is 0 Å². The van der Waals surface area contributed by atoms with E-state index in [1.165, 1.54) is 58.2 Å². The van der Waals surface area contributed by atoms with Crippen molar-refractivity contribution in [3.05, 3.63) is 0 Å². The van der Waals surface area contributed by atoms with Crippen LogP contribution >= 0.6 is 0 Å². The molecule has 0 radical (unpaired) electrons. The highest BCUT2D eigenvalue weighted by Gasteiger charge is 2.41. The average Bonchev–Trinajstić information content (AvgIpc) is 2.97. The van der Waals surface area contributed by atoms with E-state index in [0.717, 1.165) is 23.9 Å². The molecule has 0 aromatic carbocycles. The SMILES string of the molecule is CC1CC(C)(C)CC1N1CCCC(C2CCCN2)C1. The van der Waals surface area contributed by atoms with Crippen molar-refractivity contribution in [3.8, 4) is 0 Å². The van der Waals surface area contributed by atoms with Gasteiger partial charge >= 0.3 is 0 Å². The Morgan fingerprint density at radius 1 is 1.11 bits per heavy atom. The van der Waals surface area contributed by atoms with Gasteiger partial charge in [-0.3, -0.25) is 4.90 Å². The van der Waals surface area contributed by atoms with Gasteiger partial charge in [-0.25, -0.2) is 0 Å². The van der Waals surface area contributed by atoms with Crippen molar-refractivity contribution in [3.63, 3.8) is 0 Å². The molecule has 3 rings (SSSR count). The quantitative estimate of drug-likeness (QED) is 0.823. The third-order valence-electron chi connectivity index (χ3n) is 5.92. The smallest absolute Gasteiger partial charge is 0.0126 e. The predicted molar refractivity (Wildman–Crippen MR) is 81.3 cm³/mol. The molecule has 0 aromatic heterocycles. The molecule has 0 aromatic rings. The van der Waals surface area contributed by atoms with Crippen LogP contribution in [-0.2, 0) is 0 Å². The normalized spacial score (nSPS) is 43.7. The largest absolute Gasteiger partial charge is 0.314 e. The highest BCUT2D eigenvalue weighted by molar-refractivity contribution is 4.95. The Bertz CT molecular complexity index is 306. The molecule has 1 saturated carbocycles. The summed E-state index contributed by atoms with van der Waals surface area (Å²) in [5.41, 5.74) is 0.572. The predicted octanol–water partition coefficient (Wildman–Crippen LogP) is 3.28. The van der Waals surface area contributed by atoms with Gasteiger partial charge < -0.3 is 5.32 Å². The number of hydrogen-bond donors (Lipinski definition) is 1. The topological polar surface area (TPSA) is 15.3 Å². The van der Waals surface area contributed by atoms with Crippen LogP contribution in [0.25, 0.3) is 0 Å². The van der Waals surface area contributed by atoms with Crippen molar-refractivity contribution in [2.24, 2.45) is 17.3 Å². The van der Waals surface area contributed by atoms with Crippen LogP contribution in [0.5, 0.6) is 0 Å². The number of nitrogens with zero attached hydrogens (tertiary/aromatic N) is 1. The van der Waals surface area contributed by atoms with Gasteiger partial charge in [0.25, 0.3) is 0 Å².